The molecule has 0 bridgehead atoms. The number of methoxy groups -OCH3 is 1. The Labute approximate surface area is 265 Å². The summed E-state index contributed by atoms with van der Waals surface area (Å²) in [6, 6.07) is 17.7. The Kier molecular flexibility index (Phi) is 13.6. The highest BCUT2D eigenvalue weighted by molar-refractivity contribution is 5.94. The Balaban J connectivity index is 1.49. The molecule has 240 valence electrons. The molecular weight excluding hydrogens is 600 g/mol. The molecule has 0 atom stereocenters. The molecule has 0 unspecified atom stereocenters. The van der Waals surface area contributed by atoms with E-state index >= 15 is 0 Å². The number of aryl methyl sites for hydroxylation is 2. The number of benzene rings is 3. The molecule has 0 aliphatic carbocycles. The molecular formula is C34H32O12. The second-order valence-corrected chi connectivity index (χ2v) is 9.24. The molecule has 0 radical (unpaired) electrons. The van der Waals surface area contributed by atoms with E-state index in [1.54, 1.807) is 48.5 Å². The summed E-state index contributed by atoms with van der Waals surface area (Å²) in [5.74, 6) is -2.15. The number of esters is 5. The van der Waals surface area contributed by atoms with Gasteiger partial charge in [0.25, 0.3) is 0 Å². The van der Waals surface area contributed by atoms with Crippen molar-refractivity contribution >= 4 is 29.8 Å². The van der Waals surface area contributed by atoms with Crippen LogP contribution in [0.25, 0.3) is 0 Å². The van der Waals surface area contributed by atoms with Gasteiger partial charge in [-0.2, -0.15) is 0 Å². The summed E-state index contributed by atoms with van der Waals surface area (Å²) in [6.45, 7) is 6.07. The van der Waals surface area contributed by atoms with E-state index in [4.69, 9.17) is 33.2 Å². The van der Waals surface area contributed by atoms with Gasteiger partial charge < -0.3 is 33.2 Å². The van der Waals surface area contributed by atoms with Gasteiger partial charge in [0.15, 0.2) is 0 Å². The van der Waals surface area contributed by atoms with Gasteiger partial charge in [-0.1, -0.05) is 37.4 Å². The second-order valence-electron chi connectivity index (χ2n) is 9.24. The lowest BCUT2D eigenvalue weighted by molar-refractivity contribution is -0.145. The van der Waals surface area contributed by atoms with Gasteiger partial charge in [0.2, 0.25) is 13.6 Å². The maximum atomic E-state index is 12.6. The van der Waals surface area contributed by atoms with Crippen molar-refractivity contribution in [2.75, 3.05) is 20.7 Å². The molecule has 0 heterocycles. The van der Waals surface area contributed by atoms with Crippen molar-refractivity contribution in [2.24, 2.45) is 0 Å². The largest absolute Gasteiger partial charge is 0.465 e. The number of carbonyl (C=O) groups excluding carboxylic acids is 5. The van der Waals surface area contributed by atoms with Gasteiger partial charge in [0.1, 0.15) is 28.6 Å². The third kappa shape index (κ3) is 11.6. The van der Waals surface area contributed by atoms with Crippen LogP contribution in [0.1, 0.15) is 34.3 Å². The molecule has 0 saturated heterocycles. The highest BCUT2D eigenvalue weighted by Gasteiger charge is 2.19. The fraction of sp³-hybridized carbons (Fsp3) is 0.206. The monoisotopic (exact) mass is 632 g/mol. The second kappa shape index (κ2) is 18.0. The van der Waals surface area contributed by atoms with E-state index in [9.17, 15) is 24.0 Å². The van der Waals surface area contributed by atoms with Gasteiger partial charge in [0, 0.05) is 25.0 Å². The molecule has 0 spiro atoms. The van der Waals surface area contributed by atoms with E-state index in [-0.39, 0.29) is 43.5 Å². The van der Waals surface area contributed by atoms with E-state index in [1.807, 2.05) is 0 Å². The quantitative estimate of drug-likeness (QED) is 0.0668. The first-order valence-electron chi connectivity index (χ1n) is 13.9. The van der Waals surface area contributed by atoms with Crippen LogP contribution in [0.5, 0.6) is 23.0 Å². The molecule has 12 heteroatoms. The summed E-state index contributed by atoms with van der Waals surface area (Å²) in [5.41, 5.74) is 1.56. The molecule has 0 aliphatic heterocycles. The van der Waals surface area contributed by atoms with Crippen molar-refractivity contribution in [2.45, 2.75) is 25.7 Å². The predicted octanol–water partition coefficient (Wildman–Crippen LogP) is 4.68. The average molecular weight is 633 g/mol. The van der Waals surface area contributed by atoms with E-state index in [0.717, 1.165) is 23.3 Å². The molecule has 46 heavy (non-hydrogen) atoms. The zero-order chi connectivity index (χ0) is 33.3. The lowest BCUT2D eigenvalue weighted by atomic mass is 10.1. The maximum Gasteiger partial charge on any atom is 0.341 e. The topological polar surface area (TPSA) is 150 Å². The summed E-state index contributed by atoms with van der Waals surface area (Å²) < 4.78 is 35.7. The summed E-state index contributed by atoms with van der Waals surface area (Å²) >= 11 is 0. The molecule has 3 aromatic carbocycles. The fourth-order valence-electron chi connectivity index (χ4n) is 3.71. The standard InChI is InChI=1S/C34H32O12/c1-4-30(35)43-21-41-25-12-6-23(7-13-25)10-18-32(37)45-27-16-17-29(28(20-27)34(39)40-3)46-33(38)19-11-24-8-14-26(15-9-24)42-22-44-31(36)5-2/h4-9,12-17,20H,1-2,10-11,18-19,21-22H2,3H3. The van der Waals surface area contributed by atoms with Crippen molar-refractivity contribution < 1.29 is 57.1 Å². The Morgan fingerprint density at radius 1 is 0.630 bits per heavy atom. The first-order valence-corrected chi connectivity index (χ1v) is 13.9. The first kappa shape index (κ1) is 34.6. The number of rotatable bonds is 17. The third-order valence-electron chi connectivity index (χ3n) is 6.08. The minimum Gasteiger partial charge on any atom is -0.465 e. The molecule has 0 saturated carbocycles. The number of hydrogen-bond donors (Lipinski definition) is 0. The minimum atomic E-state index is -0.781. The normalized spacial score (nSPS) is 10.1. The smallest absolute Gasteiger partial charge is 0.341 e. The van der Waals surface area contributed by atoms with Crippen LogP contribution in [-0.4, -0.2) is 50.5 Å². The Morgan fingerprint density at radius 3 is 1.54 bits per heavy atom. The zero-order valence-corrected chi connectivity index (χ0v) is 25.1. The number of ether oxygens (including phenoxy) is 7. The Morgan fingerprint density at radius 2 is 1.09 bits per heavy atom. The van der Waals surface area contributed by atoms with Gasteiger partial charge in [-0.05, 0) is 66.4 Å². The van der Waals surface area contributed by atoms with Crippen LogP contribution in [0.15, 0.2) is 92.0 Å². The molecule has 12 nitrogen and oxygen atoms in total. The maximum absolute atomic E-state index is 12.6. The SMILES string of the molecule is C=CC(=O)OCOc1ccc(CCC(=O)Oc2ccc(OC(=O)CCc3ccc(OCOC(=O)C=C)cc3)c(C(=O)OC)c2)cc1. The lowest BCUT2D eigenvalue weighted by Gasteiger charge is -2.11. The molecule has 0 aliphatic rings. The van der Waals surface area contributed by atoms with Crippen LogP contribution in [-0.2, 0) is 46.2 Å². The van der Waals surface area contributed by atoms with Crippen LogP contribution in [0, 0.1) is 0 Å². The Bertz CT molecular complexity index is 1540. The summed E-state index contributed by atoms with van der Waals surface area (Å²) in [6.07, 6.45) is 2.81. The highest BCUT2D eigenvalue weighted by atomic mass is 16.7. The molecule has 0 fully saturated rings. The van der Waals surface area contributed by atoms with Crippen molar-refractivity contribution in [3.63, 3.8) is 0 Å². The predicted molar refractivity (Wildman–Crippen MR) is 162 cm³/mol. The van der Waals surface area contributed by atoms with E-state index in [1.165, 1.54) is 25.3 Å². The zero-order valence-electron chi connectivity index (χ0n) is 25.1. The molecule has 0 aromatic heterocycles. The fourth-order valence-corrected chi connectivity index (χ4v) is 3.71. The average Bonchev–Trinajstić information content (AvgIpc) is 3.07. The van der Waals surface area contributed by atoms with E-state index in [2.05, 4.69) is 13.2 Å². The first-order chi connectivity index (χ1) is 22.2. The van der Waals surface area contributed by atoms with Crippen molar-refractivity contribution in [1.82, 2.24) is 0 Å². The van der Waals surface area contributed by atoms with Crippen LogP contribution in [0.3, 0.4) is 0 Å². The molecule has 3 rings (SSSR count). The Hall–Kier alpha value is -5.91. The van der Waals surface area contributed by atoms with Crippen LogP contribution in [0.2, 0.25) is 0 Å². The van der Waals surface area contributed by atoms with Crippen molar-refractivity contribution in [3.05, 3.63) is 109 Å². The van der Waals surface area contributed by atoms with Crippen LogP contribution in [0.4, 0.5) is 0 Å². The summed E-state index contributed by atoms with van der Waals surface area (Å²) in [4.78, 5) is 59.6. The van der Waals surface area contributed by atoms with Crippen LogP contribution < -0.4 is 18.9 Å². The van der Waals surface area contributed by atoms with E-state index in [0.29, 0.717) is 24.3 Å². The highest BCUT2D eigenvalue weighted by Crippen LogP contribution is 2.26. The molecule has 0 amide bonds. The van der Waals surface area contributed by atoms with Gasteiger partial charge >= 0.3 is 29.8 Å². The third-order valence-corrected chi connectivity index (χ3v) is 6.08. The van der Waals surface area contributed by atoms with E-state index < -0.39 is 29.8 Å². The van der Waals surface area contributed by atoms with Crippen molar-refractivity contribution in [1.29, 1.82) is 0 Å². The number of hydrogen-bond acceptors (Lipinski definition) is 12. The van der Waals surface area contributed by atoms with Gasteiger partial charge in [-0.3, -0.25) is 9.59 Å². The number of carbonyl (C=O) groups is 5. The van der Waals surface area contributed by atoms with Crippen LogP contribution >= 0.6 is 0 Å². The minimum absolute atomic E-state index is 0.00433. The van der Waals surface area contributed by atoms with Crippen molar-refractivity contribution in [3.8, 4) is 23.0 Å². The summed E-state index contributed by atoms with van der Waals surface area (Å²) in [5, 5.41) is 0. The van der Waals surface area contributed by atoms with Gasteiger partial charge in [-0.15, -0.1) is 0 Å². The lowest BCUT2D eigenvalue weighted by Crippen LogP contribution is -2.14. The van der Waals surface area contributed by atoms with Gasteiger partial charge in [-0.25, -0.2) is 14.4 Å². The molecule has 0 N–H and O–H groups in total. The van der Waals surface area contributed by atoms with Gasteiger partial charge in [0.05, 0.1) is 7.11 Å². The molecule has 3 aromatic rings. The summed E-state index contributed by atoms with van der Waals surface area (Å²) in [7, 11) is 1.17.